The van der Waals surface area contributed by atoms with Gasteiger partial charge in [0.2, 0.25) is 0 Å². The van der Waals surface area contributed by atoms with E-state index in [2.05, 4.69) is 33.9 Å². The summed E-state index contributed by atoms with van der Waals surface area (Å²) >= 11 is 0. The van der Waals surface area contributed by atoms with Crippen molar-refractivity contribution in [2.45, 2.75) is 6.54 Å². The molecule has 0 radical (unpaired) electrons. The number of benzene rings is 1. The molecule has 0 aliphatic rings. The highest BCUT2D eigenvalue weighted by atomic mass is 16.5. The van der Waals surface area contributed by atoms with Crippen molar-refractivity contribution >= 4 is 10.9 Å². The predicted octanol–water partition coefficient (Wildman–Crippen LogP) is 4.35. The number of aromatic nitrogens is 2. The van der Waals surface area contributed by atoms with Gasteiger partial charge in [-0.3, -0.25) is 4.98 Å². The molecular weight excluding hydrogens is 288 g/mol. The summed E-state index contributed by atoms with van der Waals surface area (Å²) in [6, 6.07) is 16.1. The van der Waals surface area contributed by atoms with E-state index < -0.39 is 0 Å². The van der Waals surface area contributed by atoms with Crippen LogP contribution in [0.5, 0.6) is 5.75 Å². The Morgan fingerprint density at radius 1 is 1.09 bits per heavy atom. The number of hydrogen-bond acceptors (Lipinski definition) is 3. The Labute approximate surface area is 134 Å². The van der Waals surface area contributed by atoms with Crippen molar-refractivity contribution in [2.24, 2.45) is 0 Å². The first-order valence-corrected chi connectivity index (χ1v) is 7.46. The fraction of sp³-hybridized carbons (Fsp3) is 0.105. The van der Waals surface area contributed by atoms with Crippen molar-refractivity contribution in [2.75, 3.05) is 7.11 Å². The van der Waals surface area contributed by atoms with Crippen molar-refractivity contribution in [3.63, 3.8) is 0 Å². The average Bonchev–Trinajstić information content (AvgIpc) is 3.26. The summed E-state index contributed by atoms with van der Waals surface area (Å²) in [5.74, 6) is 1.66. The fourth-order valence-electron chi connectivity index (χ4n) is 2.80. The number of nitrogens with zero attached hydrogens (tertiary/aromatic N) is 2. The molecule has 4 heteroatoms. The Morgan fingerprint density at radius 3 is 2.70 bits per heavy atom. The molecule has 0 aliphatic heterocycles. The van der Waals surface area contributed by atoms with Gasteiger partial charge < -0.3 is 13.7 Å². The van der Waals surface area contributed by atoms with Gasteiger partial charge >= 0.3 is 0 Å². The Balaban J connectivity index is 1.72. The maximum atomic E-state index is 5.50. The van der Waals surface area contributed by atoms with Gasteiger partial charge in [0, 0.05) is 24.3 Å². The lowest BCUT2D eigenvalue weighted by Crippen LogP contribution is -1.98. The molecule has 0 N–H and O–H groups in total. The maximum Gasteiger partial charge on any atom is 0.152 e. The van der Waals surface area contributed by atoms with Crippen LogP contribution in [0.25, 0.3) is 22.4 Å². The summed E-state index contributed by atoms with van der Waals surface area (Å²) in [4.78, 5) is 4.47. The van der Waals surface area contributed by atoms with Crippen LogP contribution in [0.1, 0.15) is 5.56 Å². The second-order valence-corrected chi connectivity index (χ2v) is 5.36. The molecule has 0 saturated heterocycles. The highest BCUT2D eigenvalue weighted by Crippen LogP contribution is 2.28. The molecule has 23 heavy (non-hydrogen) atoms. The minimum atomic E-state index is 0.790. The highest BCUT2D eigenvalue weighted by Gasteiger charge is 2.11. The van der Waals surface area contributed by atoms with Gasteiger partial charge in [0.15, 0.2) is 5.76 Å². The Bertz CT molecular complexity index is 922. The molecule has 0 saturated carbocycles. The topological polar surface area (TPSA) is 40.2 Å². The van der Waals surface area contributed by atoms with Gasteiger partial charge in [0.1, 0.15) is 11.4 Å². The maximum absolute atomic E-state index is 5.50. The quantitative estimate of drug-likeness (QED) is 0.562. The van der Waals surface area contributed by atoms with E-state index in [1.165, 1.54) is 5.56 Å². The van der Waals surface area contributed by atoms with Crippen LogP contribution in [0.15, 0.2) is 71.6 Å². The summed E-state index contributed by atoms with van der Waals surface area (Å²) in [6.07, 6.45) is 5.58. The number of ether oxygens (including phenoxy) is 1. The molecule has 0 atom stereocenters. The van der Waals surface area contributed by atoms with Crippen LogP contribution in [-0.2, 0) is 6.54 Å². The molecule has 0 bridgehead atoms. The van der Waals surface area contributed by atoms with E-state index in [1.54, 1.807) is 13.4 Å². The van der Waals surface area contributed by atoms with Gasteiger partial charge in [-0.1, -0.05) is 12.1 Å². The molecule has 3 heterocycles. The molecule has 4 rings (SSSR count). The Kier molecular flexibility index (Phi) is 3.35. The Hall–Kier alpha value is -3.01. The number of rotatable bonds is 4. The summed E-state index contributed by atoms with van der Waals surface area (Å²) < 4.78 is 12.9. The minimum absolute atomic E-state index is 0.790. The number of fused-ring (bicyclic) bond motifs is 1. The van der Waals surface area contributed by atoms with E-state index in [-0.39, 0.29) is 0 Å². The first-order valence-electron chi connectivity index (χ1n) is 7.46. The van der Waals surface area contributed by atoms with Crippen LogP contribution in [0, 0.1) is 0 Å². The zero-order valence-electron chi connectivity index (χ0n) is 12.8. The van der Waals surface area contributed by atoms with Crippen LogP contribution in [-0.4, -0.2) is 16.7 Å². The molecular formula is C19H16N2O2. The number of hydrogen-bond donors (Lipinski definition) is 0. The standard InChI is InChI=1S/C19H16N2O2/c1-22-15-6-4-14(5-7-15)13-21-11-9-16-17(21)8-10-20-19(16)18-3-2-12-23-18/h2-12H,13H2,1H3. The summed E-state index contributed by atoms with van der Waals surface area (Å²) in [7, 11) is 1.68. The van der Waals surface area contributed by atoms with Crippen LogP contribution in [0.3, 0.4) is 0 Å². The third kappa shape index (κ3) is 2.48. The van der Waals surface area contributed by atoms with Gasteiger partial charge in [-0.15, -0.1) is 0 Å². The van der Waals surface area contributed by atoms with E-state index in [1.807, 2.05) is 36.5 Å². The van der Waals surface area contributed by atoms with Crippen LogP contribution < -0.4 is 4.74 Å². The largest absolute Gasteiger partial charge is 0.497 e. The second-order valence-electron chi connectivity index (χ2n) is 5.36. The SMILES string of the molecule is COc1ccc(Cn2ccc3c(-c4ccco4)nccc32)cc1. The molecule has 0 fully saturated rings. The van der Waals surface area contributed by atoms with E-state index in [0.717, 1.165) is 34.7 Å². The van der Waals surface area contributed by atoms with Crippen LogP contribution >= 0.6 is 0 Å². The third-order valence-corrected chi connectivity index (χ3v) is 3.96. The lowest BCUT2D eigenvalue weighted by molar-refractivity contribution is 0.414. The van der Waals surface area contributed by atoms with Crippen molar-refractivity contribution in [3.05, 3.63) is 72.8 Å². The Morgan fingerprint density at radius 2 is 1.96 bits per heavy atom. The monoisotopic (exact) mass is 304 g/mol. The van der Waals surface area contributed by atoms with Gasteiger partial charge in [-0.25, -0.2) is 0 Å². The van der Waals surface area contributed by atoms with Crippen molar-refractivity contribution < 1.29 is 9.15 Å². The normalized spacial score (nSPS) is 11.0. The summed E-state index contributed by atoms with van der Waals surface area (Å²) in [5.41, 5.74) is 3.24. The first kappa shape index (κ1) is 13.6. The zero-order valence-corrected chi connectivity index (χ0v) is 12.8. The van der Waals surface area contributed by atoms with E-state index in [4.69, 9.17) is 9.15 Å². The highest BCUT2D eigenvalue weighted by molar-refractivity contribution is 5.91. The smallest absolute Gasteiger partial charge is 0.152 e. The zero-order chi connectivity index (χ0) is 15.6. The van der Waals surface area contributed by atoms with Gasteiger partial charge in [-0.2, -0.15) is 0 Å². The van der Waals surface area contributed by atoms with Gasteiger partial charge in [0.05, 0.1) is 18.9 Å². The van der Waals surface area contributed by atoms with E-state index >= 15 is 0 Å². The summed E-state index contributed by atoms with van der Waals surface area (Å²) in [5, 5.41) is 1.09. The van der Waals surface area contributed by atoms with Crippen LogP contribution in [0.4, 0.5) is 0 Å². The van der Waals surface area contributed by atoms with Crippen molar-refractivity contribution in [1.82, 2.24) is 9.55 Å². The molecule has 0 unspecified atom stereocenters. The number of methoxy groups -OCH3 is 1. The second kappa shape index (κ2) is 5.65. The average molecular weight is 304 g/mol. The lowest BCUT2D eigenvalue weighted by atomic mass is 10.2. The molecule has 0 aliphatic carbocycles. The van der Waals surface area contributed by atoms with E-state index in [0.29, 0.717) is 0 Å². The molecule has 4 nitrogen and oxygen atoms in total. The fourth-order valence-corrected chi connectivity index (χ4v) is 2.80. The molecule has 0 amide bonds. The molecule has 3 aromatic heterocycles. The third-order valence-electron chi connectivity index (χ3n) is 3.96. The van der Waals surface area contributed by atoms with Crippen molar-refractivity contribution in [3.8, 4) is 17.2 Å². The molecule has 0 spiro atoms. The first-order chi connectivity index (χ1) is 11.3. The summed E-state index contributed by atoms with van der Waals surface area (Å²) in [6.45, 7) is 0.801. The van der Waals surface area contributed by atoms with Crippen LogP contribution in [0.2, 0.25) is 0 Å². The van der Waals surface area contributed by atoms with Gasteiger partial charge in [-0.05, 0) is 42.0 Å². The molecule has 4 aromatic rings. The number of furan rings is 1. The predicted molar refractivity (Wildman–Crippen MR) is 89.5 cm³/mol. The van der Waals surface area contributed by atoms with Gasteiger partial charge in [0.25, 0.3) is 0 Å². The molecule has 1 aromatic carbocycles. The number of pyridine rings is 1. The van der Waals surface area contributed by atoms with Crippen molar-refractivity contribution in [1.29, 1.82) is 0 Å². The van der Waals surface area contributed by atoms with E-state index in [9.17, 15) is 0 Å². The lowest BCUT2D eigenvalue weighted by Gasteiger charge is -2.07. The molecule has 114 valence electrons. The minimum Gasteiger partial charge on any atom is -0.497 e.